The van der Waals surface area contributed by atoms with Crippen LogP contribution in [0.4, 0.5) is 0 Å². The van der Waals surface area contributed by atoms with Gasteiger partial charge in [0.1, 0.15) is 5.82 Å². The number of hydrogen-bond donors (Lipinski definition) is 0. The van der Waals surface area contributed by atoms with E-state index in [0.717, 1.165) is 60.2 Å². The highest BCUT2D eigenvalue weighted by Gasteiger charge is 2.21. The Balaban J connectivity index is 1.82. The third-order valence-electron chi connectivity index (χ3n) is 5.54. The van der Waals surface area contributed by atoms with Crippen molar-refractivity contribution in [3.8, 4) is 11.5 Å². The Bertz CT molecular complexity index is 960. The molecule has 0 atom stereocenters. The average Bonchev–Trinajstić information content (AvgIpc) is 3.12. The summed E-state index contributed by atoms with van der Waals surface area (Å²) in [5.74, 6) is 4.09. The highest BCUT2D eigenvalue weighted by Crippen LogP contribution is 2.33. The molecule has 0 N–H and O–H groups in total. The topological polar surface area (TPSA) is 64.8 Å². The smallest absolute Gasteiger partial charge is 0.171 e. The molecule has 0 amide bonds. The molecule has 7 heteroatoms. The Morgan fingerprint density at radius 2 is 1.74 bits per heavy atom. The first-order valence-electron chi connectivity index (χ1n) is 9.65. The minimum Gasteiger partial charge on any atom is -0.493 e. The Kier molecular flexibility index (Phi) is 4.86. The highest BCUT2D eigenvalue weighted by atomic mass is 16.5. The third kappa shape index (κ3) is 3.20. The summed E-state index contributed by atoms with van der Waals surface area (Å²) in [7, 11) is 3.28. The summed E-state index contributed by atoms with van der Waals surface area (Å²) in [5, 5.41) is 9.97. The van der Waals surface area contributed by atoms with Crippen LogP contribution in [0, 0.1) is 5.92 Å². The van der Waals surface area contributed by atoms with Crippen molar-refractivity contribution in [2.75, 3.05) is 27.3 Å². The molecule has 0 bridgehead atoms. The van der Waals surface area contributed by atoms with E-state index in [-0.39, 0.29) is 0 Å². The lowest BCUT2D eigenvalue weighted by molar-refractivity contribution is 0.181. The van der Waals surface area contributed by atoms with Gasteiger partial charge >= 0.3 is 0 Å². The Morgan fingerprint density at radius 3 is 2.41 bits per heavy atom. The van der Waals surface area contributed by atoms with Gasteiger partial charge in [-0.05, 0) is 37.9 Å². The predicted octanol–water partition coefficient (Wildman–Crippen LogP) is 3.09. The summed E-state index contributed by atoms with van der Waals surface area (Å²) >= 11 is 0. The maximum absolute atomic E-state index is 5.47. The van der Waals surface area contributed by atoms with Gasteiger partial charge < -0.3 is 9.47 Å². The first kappa shape index (κ1) is 18.0. The predicted molar refractivity (Wildman–Crippen MR) is 104 cm³/mol. The summed E-state index contributed by atoms with van der Waals surface area (Å²) in [4.78, 5) is 7.34. The Labute approximate surface area is 159 Å². The van der Waals surface area contributed by atoms with Crippen LogP contribution in [0.25, 0.3) is 16.6 Å². The maximum atomic E-state index is 5.47. The highest BCUT2D eigenvalue weighted by molar-refractivity contribution is 5.93. The van der Waals surface area contributed by atoms with Gasteiger partial charge in [0, 0.05) is 17.9 Å². The molecule has 1 aliphatic heterocycles. The van der Waals surface area contributed by atoms with E-state index < -0.39 is 0 Å². The van der Waals surface area contributed by atoms with Crippen molar-refractivity contribution in [2.24, 2.45) is 5.92 Å². The molecule has 1 saturated heterocycles. The number of aromatic nitrogens is 4. The molecular formula is C20H27N5O2. The lowest BCUT2D eigenvalue weighted by Gasteiger charge is -2.29. The van der Waals surface area contributed by atoms with E-state index in [9.17, 15) is 0 Å². The first-order valence-corrected chi connectivity index (χ1v) is 9.65. The van der Waals surface area contributed by atoms with E-state index in [1.165, 1.54) is 12.8 Å². The number of fused-ring (bicyclic) bond motifs is 3. The molecule has 2 aromatic heterocycles. The average molecular weight is 369 g/mol. The molecular weight excluding hydrogens is 342 g/mol. The zero-order chi connectivity index (χ0) is 19.0. The van der Waals surface area contributed by atoms with Gasteiger partial charge in [0.25, 0.3) is 0 Å². The number of likely N-dealkylation sites (tertiary alicyclic amines) is 1. The van der Waals surface area contributed by atoms with Gasteiger partial charge in [0.15, 0.2) is 23.0 Å². The van der Waals surface area contributed by atoms with Gasteiger partial charge in [-0.3, -0.25) is 9.30 Å². The van der Waals surface area contributed by atoms with Crippen LogP contribution in [0.2, 0.25) is 0 Å². The van der Waals surface area contributed by atoms with E-state index in [1.54, 1.807) is 14.2 Å². The molecule has 0 spiro atoms. The largest absolute Gasteiger partial charge is 0.493 e. The van der Waals surface area contributed by atoms with Crippen molar-refractivity contribution >= 4 is 16.6 Å². The lowest BCUT2D eigenvalue weighted by atomic mass is 9.99. The Hall–Kier alpha value is -2.41. The number of ether oxygens (including phenoxy) is 2. The van der Waals surface area contributed by atoms with E-state index in [1.807, 2.05) is 12.1 Å². The van der Waals surface area contributed by atoms with Gasteiger partial charge in [0.05, 0.1) is 26.3 Å². The van der Waals surface area contributed by atoms with E-state index in [4.69, 9.17) is 14.5 Å². The van der Waals surface area contributed by atoms with Crippen LogP contribution in [-0.2, 0) is 13.0 Å². The monoisotopic (exact) mass is 369 g/mol. The fourth-order valence-electron chi connectivity index (χ4n) is 3.85. The number of benzene rings is 1. The molecule has 3 aromatic rings. The number of nitrogens with zero attached hydrogens (tertiary/aromatic N) is 5. The molecule has 144 valence electrons. The van der Waals surface area contributed by atoms with E-state index in [0.29, 0.717) is 11.5 Å². The summed E-state index contributed by atoms with van der Waals surface area (Å²) in [5.41, 5.74) is 1.68. The van der Waals surface area contributed by atoms with Crippen molar-refractivity contribution in [1.29, 1.82) is 0 Å². The van der Waals surface area contributed by atoms with Gasteiger partial charge in [0.2, 0.25) is 0 Å². The summed E-state index contributed by atoms with van der Waals surface area (Å²) in [6.07, 6.45) is 3.30. The fourth-order valence-corrected chi connectivity index (χ4v) is 3.85. The number of piperidine rings is 1. The molecule has 27 heavy (non-hydrogen) atoms. The summed E-state index contributed by atoms with van der Waals surface area (Å²) in [6.45, 7) is 7.48. The van der Waals surface area contributed by atoms with Crippen molar-refractivity contribution in [2.45, 2.75) is 39.7 Å². The SMILES string of the molecule is CCc1nc2cc(OC)c(OC)cc2c2nnc(CN3CCC(C)CC3)n12. The number of aryl methyl sites for hydroxylation is 1. The van der Waals surface area contributed by atoms with Crippen molar-refractivity contribution in [1.82, 2.24) is 24.5 Å². The van der Waals surface area contributed by atoms with Crippen molar-refractivity contribution < 1.29 is 9.47 Å². The van der Waals surface area contributed by atoms with Gasteiger partial charge in [-0.1, -0.05) is 13.8 Å². The van der Waals surface area contributed by atoms with Crippen LogP contribution in [0.3, 0.4) is 0 Å². The number of rotatable bonds is 5. The second-order valence-corrected chi connectivity index (χ2v) is 7.34. The molecule has 3 heterocycles. The molecule has 4 rings (SSSR count). The van der Waals surface area contributed by atoms with Crippen molar-refractivity contribution in [3.63, 3.8) is 0 Å². The number of methoxy groups -OCH3 is 2. The molecule has 1 fully saturated rings. The quantitative estimate of drug-likeness (QED) is 0.689. The third-order valence-corrected chi connectivity index (χ3v) is 5.54. The zero-order valence-corrected chi connectivity index (χ0v) is 16.5. The number of hydrogen-bond acceptors (Lipinski definition) is 6. The zero-order valence-electron chi connectivity index (χ0n) is 16.5. The molecule has 0 radical (unpaired) electrons. The summed E-state index contributed by atoms with van der Waals surface area (Å²) in [6, 6.07) is 3.85. The minimum absolute atomic E-state index is 0.672. The molecule has 0 saturated carbocycles. The molecule has 7 nitrogen and oxygen atoms in total. The minimum atomic E-state index is 0.672. The van der Waals surface area contributed by atoms with Gasteiger partial charge in [-0.2, -0.15) is 0 Å². The second-order valence-electron chi connectivity index (χ2n) is 7.34. The van der Waals surface area contributed by atoms with Crippen LogP contribution in [-0.4, -0.2) is 51.8 Å². The van der Waals surface area contributed by atoms with Crippen LogP contribution < -0.4 is 9.47 Å². The summed E-state index contributed by atoms with van der Waals surface area (Å²) < 4.78 is 13.0. The maximum Gasteiger partial charge on any atom is 0.171 e. The second kappa shape index (κ2) is 7.31. The normalized spacial score (nSPS) is 16.3. The van der Waals surface area contributed by atoms with Gasteiger partial charge in [-0.25, -0.2) is 4.98 Å². The lowest BCUT2D eigenvalue weighted by Crippen LogP contribution is -2.33. The Morgan fingerprint density at radius 1 is 1.04 bits per heavy atom. The van der Waals surface area contributed by atoms with E-state index >= 15 is 0 Å². The van der Waals surface area contributed by atoms with E-state index in [2.05, 4.69) is 33.3 Å². The molecule has 1 aromatic carbocycles. The van der Waals surface area contributed by atoms with Crippen LogP contribution in [0.15, 0.2) is 12.1 Å². The molecule has 1 aliphatic rings. The van der Waals surface area contributed by atoms with Gasteiger partial charge in [-0.15, -0.1) is 10.2 Å². The van der Waals surface area contributed by atoms with Crippen LogP contribution in [0.5, 0.6) is 11.5 Å². The fraction of sp³-hybridized carbons (Fsp3) is 0.550. The molecule has 0 unspecified atom stereocenters. The van der Waals surface area contributed by atoms with Crippen LogP contribution in [0.1, 0.15) is 38.3 Å². The molecule has 0 aliphatic carbocycles. The van der Waals surface area contributed by atoms with Crippen LogP contribution >= 0.6 is 0 Å². The standard InChI is InChI=1S/C20H27N5O2/c1-5-18-21-15-11-17(27-4)16(26-3)10-14(15)20-23-22-19(25(18)20)12-24-8-6-13(2)7-9-24/h10-11,13H,5-9,12H2,1-4H3. The van der Waals surface area contributed by atoms with Crippen molar-refractivity contribution in [3.05, 3.63) is 23.8 Å². The first-order chi connectivity index (χ1) is 13.1.